The minimum absolute atomic E-state index is 0.859. The van der Waals surface area contributed by atoms with E-state index in [9.17, 15) is 0 Å². The van der Waals surface area contributed by atoms with Crippen LogP contribution in [0.1, 0.15) is 16.7 Å². The fourth-order valence-electron chi connectivity index (χ4n) is 6.95. The van der Waals surface area contributed by atoms with Crippen molar-refractivity contribution in [1.29, 1.82) is 0 Å². The van der Waals surface area contributed by atoms with Gasteiger partial charge in [-0.3, -0.25) is 0 Å². The van der Waals surface area contributed by atoms with Crippen molar-refractivity contribution in [3.05, 3.63) is 138 Å². The standard InChI is InChI=1S/C39H29IN2/c1-25-20-21-33-32-18-10-17-31-29-14-5-6-15-30(29)34-22-24-41(2)39(38(34)36(31)32)37(33)27(25)16-9-12-26-11-3-4-13-28(26)35-19-7-8-23-42(35)40/h3-11,13-24H,12H2,1-2H3/q+2/b16-9+. The molecule has 8 aromatic rings. The van der Waals surface area contributed by atoms with E-state index in [1.54, 1.807) is 0 Å². The third-order valence-corrected chi connectivity index (χ3v) is 9.71. The average molecular weight is 653 g/mol. The van der Waals surface area contributed by atoms with Crippen LogP contribution >= 0.6 is 22.9 Å². The fourth-order valence-corrected chi connectivity index (χ4v) is 7.56. The number of hydrogen-bond donors (Lipinski definition) is 0. The predicted octanol–water partition coefficient (Wildman–Crippen LogP) is 9.43. The molecule has 0 spiro atoms. The molecule has 0 atom stereocenters. The lowest BCUT2D eigenvalue weighted by Gasteiger charge is -2.17. The summed E-state index contributed by atoms with van der Waals surface area (Å²) in [5, 5.41) is 12.0. The molecule has 0 bridgehead atoms. The Morgan fingerprint density at radius 3 is 2.10 bits per heavy atom. The van der Waals surface area contributed by atoms with Gasteiger partial charge in [-0.15, -0.1) is 2.78 Å². The lowest BCUT2D eigenvalue weighted by Crippen LogP contribution is -2.28. The summed E-state index contributed by atoms with van der Waals surface area (Å²) in [5.41, 5.74) is 7.70. The lowest BCUT2D eigenvalue weighted by molar-refractivity contribution is -0.643. The second-order valence-electron chi connectivity index (χ2n) is 11.2. The normalized spacial score (nSPS) is 12.2. The molecule has 42 heavy (non-hydrogen) atoms. The van der Waals surface area contributed by atoms with E-state index in [-0.39, 0.29) is 0 Å². The van der Waals surface area contributed by atoms with Crippen LogP contribution in [-0.4, -0.2) is 0 Å². The van der Waals surface area contributed by atoms with Gasteiger partial charge in [0, 0.05) is 29.0 Å². The Morgan fingerprint density at radius 1 is 0.619 bits per heavy atom. The van der Waals surface area contributed by atoms with Crippen LogP contribution in [0.15, 0.2) is 122 Å². The van der Waals surface area contributed by atoms with Gasteiger partial charge in [-0.05, 0) is 69.1 Å². The third kappa shape index (κ3) is 3.76. The number of allylic oxidation sites excluding steroid dienone is 1. The van der Waals surface area contributed by atoms with E-state index in [2.05, 4.69) is 172 Å². The molecule has 0 radical (unpaired) electrons. The zero-order chi connectivity index (χ0) is 28.4. The number of rotatable bonds is 4. The monoisotopic (exact) mass is 652 g/mol. The Morgan fingerprint density at radius 2 is 1.29 bits per heavy atom. The summed E-state index contributed by atoms with van der Waals surface area (Å²) < 4.78 is 4.49. The number of aromatic nitrogens is 2. The molecule has 0 saturated heterocycles. The lowest BCUT2D eigenvalue weighted by atomic mass is 9.86. The van der Waals surface area contributed by atoms with Crippen molar-refractivity contribution in [2.45, 2.75) is 13.3 Å². The van der Waals surface area contributed by atoms with Crippen LogP contribution in [0.3, 0.4) is 0 Å². The first-order chi connectivity index (χ1) is 20.6. The number of nitrogens with zero attached hydrogens (tertiary/aromatic N) is 2. The van der Waals surface area contributed by atoms with Gasteiger partial charge in [0.2, 0.25) is 11.2 Å². The van der Waals surface area contributed by atoms with Crippen molar-refractivity contribution < 1.29 is 7.35 Å². The molecule has 200 valence electrons. The quantitative estimate of drug-likeness (QED) is 0.0775. The Hall–Kier alpha value is -4.35. The Bertz CT molecular complexity index is 2370. The predicted molar refractivity (Wildman–Crippen MR) is 185 cm³/mol. The van der Waals surface area contributed by atoms with E-state index in [1.807, 2.05) is 0 Å². The van der Waals surface area contributed by atoms with E-state index in [1.165, 1.54) is 81.9 Å². The maximum atomic E-state index is 2.37. The summed E-state index contributed by atoms with van der Waals surface area (Å²) in [6, 6.07) is 37.7. The largest absolute Gasteiger partial charge is 0.354 e. The fraction of sp³-hybridized carbons (Fsp3) is 0.0769. The molecule has 3 heteroatoms. The topological polar surface area (TPSA) is 7.76 Å². The maximum Gasteiger partial charge on any atom is 0.354 e. The molecule has 8 rings (SSSR count). The first-order valence-corrected chi connectivity index (χ1v) is 15.4. The summed E-state index contributed by atoms with van der Waals surface area (Å²) in [5.74, 6) is 0. The van der Waals surface area contributed by atoms with Gasteiger partial charge in [-0.2, -0.15) is 0 Å². The van der Waals surface area contributed by atoms with Gasteiger partial charge in [0.25, 0.3) is 0 Å². The molecular formula is C39H29IN2+2. The van der Waals surface area contributed by atoms with Gasteiger partial charge in [0.05, 0.1) is 16.3 Å². The van der Waals surface area contributed by atoms with Gasteiger partial charge in [0.1, 0.15) is 7.05 Å². The summed E-state index contributed by atoms with van der Waals surface area (Å²) in [6.45, 7) is 2.24. The number of halogens is 1. The van der Waals surface area contributed by atoms with Crippen molar-refractivity contribution in [3.8, 4) is 11.3 Å². The molecule has 0 amide bonds. The Balaban J connectivity index is 1.39. The Kier molecular flexibility index (Phi) is 5.97. The molecule has 0 aliphatic rings. The highest BCUT2D eigenvalue weighted by Crippen LogP contribution is 2.44. The van der Waals surface area contributed by atoms with Gasteiger partial charge < -0.3 is 0 Å². The van der Waals surface area contributed by atoms with E-state index in [0.29, 0.717) is 0 Å². The SMILES string of the molecule is Cc1ccc2c3cccc4c5ccccc5c5cc[n+](C)c(c2c1/C=C/Cc1ccccc1-c1cccc[n+]1I)c5c43. The van der Waals surface area contributed by atoms with Crippen LogP contribution < -0.4 is 7.35 Å². The highest BCUT2D eigenvalue weighted by molar-refractivity contribution is 14.1. The first kappa shape index (κ1) is 25.4. The van der Waals surface area contributed by atoms with Crippen molar-refractivity contribution in [2.75, 3.05) is 0 Å². The molecule has 2 heterocycles. The van der Waals surface area contributed by atoms with Crippen LogP contribution in [0.25, 0.3) is 71.3 Å². The van der Waals surface area contributed by atoms with E-state index in [0.717, 1.165) is 6.42 Å². The van der Waals surface area contributed by atoms with Crippen LogP contribution in [-0.2, 0) is 13.5 Å². The molecule has 0 aliphatic carbocycles. The smallest absolute Gasteiger partial charge is 0.200 e. The maximum absolute atomic E-state index is 2.37. The minimum atomic E-state index is 0.859. The molecule has 6 aromatic carbocycles. The van der Waals surface area contributed by atoms with Gasteiger partial charge in [0.15, 0.2) is 12.4 Å². The van der Waals surface area contributed by atoms with Crippen LogP contribution in [0.5, 0.6) is 0 Å². The van der Waals surface area contributed by atoms with Gasteiger partial charge in [-0.1, -0.05) is 84.9 Å². The summed E-state index contributed by atoms with van der Waals surface area (Å²) in [7, 11) is 2.19. The Labute approximate surface area is 259 Å². The van der Waals surface area contributed by atoms with Crippen molar-refractivity contribution in [1.82, 2.24) is 0 Å². The number of aryl methyl sites for hydroxylation is 2. The summed E-state index contributed by atoms with van der Waals surface area (Å²) in [6.07, 6.45) is 9.90. The van der Waals surface area contributed by atoms with Crippen molar-refractivity contribution in [3.63, 3.8) is 0 Å². The average Bonchev–Trinajstić information content (AvgIpc) is 3.02. The first-order valence-electron chi connectivity index (χ1n) is 14.4. The minimum Gasteiger partial charge on any atom is -0.200 e. The zero-order valence-corrected chi connectivity index (χ0v) is 25.8. The molecule has 2 aromatic heterocycles. The zero-order valence-electron chi connectivity index (χ0n) is 23.6. The van der Waals surface area contributed by atoms with Crippen LogP contribution in [0.4, 0.5) is 0 Å². The second-order valence-corrected chi connectivity index (χ2v) is 12.3. The molecule has 0 N–H and O–H groups in total. The molecule has 0 fully saturated rings. The summed E-state index contributed by atoms with van der Waals surface area (Å²) >= 11 is 2.37. The van der Waals surface area contributed by atoms with Gasteiger partial charge in [-0.25, -0.2) is 4.57 Å². The van der Waals surface area contributed by atoms with E-state index < -0.39 is 0 Å². The number of benzene rings is 6. The molecule has 2 nitrogen and oxygen atoms in total. The number of hydrogen-bond acceptors (Lipinski definition) is 0. The second kappa shape index (κ2) is 9.88. The van der Waals surface area contributed by atoms with Gasteiger partial charge >= 0.3 is 22.9 Å². The summed E-state index contributed by atoms with van der Waals surface area (Å²) in [4.78, 5) is 0. The molecular weight excluding hydrogens is 623 g/mol. The molecule has 0 saturated carbocycles. The van der Waals surface area contributed by atoms with Crippen molar-refractivity contribution in [2.24, 2.45) is 7.05 Å². The highest BCUT2D eigenvalue weighted by Gasteiger charge is 2.23. The number of pyridine rings is 2. The number of fused-ring (bicyclic) bond motifs is 6. The molecule has 0 aliphatic heterocycles. The third-order valence-electron chi connectivity index (χ3n) is 8.86. The van der Waals surface area contributed by atoms with Crippen LogP contribution in [0.2, 0.25) is 0 Å². The van der Waals surface area contributed by atoms with E-state index in [4.69, 9.17) is 0 Å². The van der Waals surface area contributed by atoms with E-state index >= 15 is 0 Å². The highest BCUT2D eigenvalue weighted by atomic mass is 127. The van der Waals surface area contributed by atoms with Crippen LogP contribution in [0, 0.1) is 6.92 Å². The van der Waals surface area contributed by atoms with Crippen molar-refractivity contribution >= 4 is 82.9 Å². The molecule has 0 unspecified atom stereocenters.